The van der Waals surface area contributed by atoms with E-state index in [4.69, 9.17) is 0 Å². The molecule has 4 atom stereocenters. The number of nitrogens with zero attached hydrogens (tertiary/aromatic N) is 6. The molecule has 4 aliphatic heterocycles. The van der Waals surface area contributed by atoms with Crippen molar-refractivity contribution in [3.63, 3.8) is 0 Å². The second kappa shape index (κ2) is 7.85. The molecule has 4 aliphatic rings. The molecule has 0 aliphatic carbocycles. The molecule has 0 saturated carbocycles. The van der Waals surface area contributed by atoms with Crippen LogP contribution in [0.25, 0.3) is 0 Å². The highest BCUT2D eigenvalue weighted by molar-refractivity contribution is 5.65. The van der Waals surface area contributed by atoms with E-state index in [2.05, 4.69) is 94.9 Å². The molecule has 6 nitrogen and oxygen atoms in total. The molecule has 2 aromatic carbocycles. The van der Waals surface area contributed by atoms with Gasteiger partial charge in [0.25, 0.3) is 0 Å². The van der Waals surface area contributed by atoms with Gasteiger partial charge in [-0.25, -0.2) is 0 Å². The lowest BCUT2D eigenvalue weighted by atomic mass is 9.73. The normalized spacial score (nSPS) is 26.7. The van der Waals surface area contributed by atoms with Gasteiger partial charge in [-0.2, -0.15) is 10.5 Å². The van der Waals surface area contributed by atoms with Crippen molar-refractivity contribution in [1.82, 2.24) is 9.80 Å². The van der Waals surface area contributed by atoms with Crippen molar-refractivity contribution in [1.29, 1.82) is 10.5 Å². The Bertz CT molecular complexity index is 1280. The molecular weight excluding hydrogens is 420 g/mol. The minimum absolute atomic E-state index is 0.241. The molecule has 170 valence electrons. The standard InChI is InChI=1S/C28H28N6/c1-31-11-13-33-25-8-3-19(17-29)15-21(25)5-6-23-22(7-10-27(31)33)24-16-20(18-30)4-9-26(24)34-14-12-32(2)28(23)34/h3-4,8-9,11-16,22-23,27-28H,5-7,10H2,1-2H3. The van der Waals surface area contributed by atoms with E-state index in [0.29, 0.717) is 11.8 Å². The first-order valence-corrected chi connectivity index (χ1v) is 12.0. The number of nitriles is 2. The summed E-state index contributed by atoms with van der Waals surface area (Å²) in [6.07, 6.45) is 13.2. The largest absolute Gasteiger partial charge is 0.359 e. The van der Waals surface area contributed by atoms with Crippen molar-refractivity contribution in [3.05, 3.63) is 83.5 Å². The van der Waals surface area contributed by atoms with Crippen LogP contribution in [0.3, 0.4) is 0 Å². The summed E-state index contributed by atoms with van der Waals surface area (Å²) in [5.74, 6) is 0.773. The van der Waals surface area contributed by atoms with Gasteiger partial charge in [-0.05, 0) is 79.1 Å². The molecule has 2 aromatic rings. The van der Waals surface area contributed by atoms with E-state index in [1.54, 1.807) is 0 Å². The highest BCUT2D eigenvalue weighted by atomic mass is 15.4. The first-order valence-electron chi connectivity index (χ1n) is 12.0. The van der Waals surface area contributed by atoms with E-state index in [1.807, 2.05) is 12.1 Å². The summed E-state index contributed by atoms with van der Waals surface area (Å²) >= 11 is 0. The Kier molecular flexibility index (Phi) is 4.78. The van der Waals surface area contributed by atoms with E-state index >= 15 is 0 Å². The summed E-state index contributed by atoms with van der Waals surface area (Å²) in [6.45, 7) is 0. The summed E-state index contributed by atoms with van der Waals surface area (Å²) in [6, 6.07) is 17.0. The minimum atomic E-state index is 0.241. The third-order valence-corrected chi connectivity index (χ3v) is 8.12. The molecular formula is C28H28N6. The number of hydrogen-bond donors (Lipinski definition) is 0. The molecule has 0 spiro atoms. The maximum Gasteiger partial charge on any atom is 0.108 e. The Morgan fingerprint density at radius 1 is 0.765 bits per heavy atom. The van der Waals surface area contributed by atoms with Crippen LogP contribution in [0, 0.1) is 28.6 Å². The highest BCUT2D eigenvalue weighted by Crippen LogP contribution is 2.50. The number of hydrogen-bond acceptors (Lipinski definition) is 6. The zero-order valence-electron chi connectivity index (χ0n) is 19.6. The van der Waals surface area contributed by atoms with Crippen LogP contribution in [0.4, 0.5) is 11.4 Å². The zero-order chi connectivity index (χ0) is 23.4. The number of rotatable bonds is 0. The average Bonchev–Trinajstić information content (AvgIpc) is 3.43. The molecule has 6 heteroatoms. The van der Waals surface area contributed by atoms with Gasteiger partial charge in [0.15, 0.2) is 0 Å². The van der Waals surface area contributed by atoms with Gasteiger partial charge < -0.3 is 19.6 Å². The van der Waals surface area contributed by atoms with Crippen LogP contribution >= 0.6 is 0 Å². The summed E-state index contributed by atoms with van der Waals surface area (Å²) in [7, 11) is 4.32. The van der Waals surface area contributed by atoms with Crippen LogP contribution in [-0.2, 0) is 6.42 Å². The van der Waals surface area contributed by atoms with Crippen LogP contribution in [0.1, 0.15) is 47.4 Å². The summed E-state index contributed by atoms with van der Waals surface area (Å²) in [4.78, 5) is 9.41. The fraction of sp³-hybridized carbons (Fsp3) is 0.357. The first-order chi connectivity index (χ1) is 16.6. The molecule has 0 radical (unpaired) electrons. The topological polar surface area (TPSA) is 60.5 Å². The predicted molar refractivity (Wildman–Crippen MR) is 132 cm³/mol. The molecule has 6 rings (SSSR count). The molecule has 0 bridgehead atoms. The van der Waals surface area contributed by atoms with E-state index in [1.165, 1.54) is 22.5 Å². The lowest BCUT2D eigenvalue weighted by Crippen LogP contribution is -2.49. The van der Waals surface area contributed by atoms with E-state index in [0.717, 1.165) is 36.8 Å². The number of fused-ring (bicyclic) bond motifs is 9. The summed E-state index contributed by atoms with van der Waals surface area (Å²) in [5.41, 5.74) is 6.42. The Morgan fingerprint density at radius 2 is 1.47 bits per heavy atom. The first kappa shape index (κ1) is 20.7. The Balaban J connectivity index is 1.48. The molecule has 34 heavy (non-hydrogen) atoms. The molecule has 0 fully saturated rings. The van der Waals surface area contributed by atoms with Crippen molar-refractivity contribution in [2.45, 2.75) is 43.9 Å². The molecule has 0 N–H and O–H groups in total. The van der Waals surface area contributed by atoms with Crippen LogP contribution in [0.2, 0.25) is 0 Å². The molecule has 0 amide bonds. The SMILES string of the molecule is CN1C=CN2c3ccc(C#N)cc3CCC3C(CCC12)c1cc(C#N)ccc1N1C=CN(C)C31. The number of benzene rings is 2. The Labute approximate surface area is 201 Å². The van der Waals surface area contributed by atoms with Crippen LogP contribution in [0.5, 0.6) is 0 Å². The molecule has 4 heterocycles. The predicted octanol–water partition coefficient (Wildman–Crippen LogP) is 4.67. The highest BCUT2D eigenvalue weighted by Gasteiger charge is 2.44. The fourth-order valence-electron chi connectivity index (χ4n) is 6.51. The van der Waals surface area contributed by atoms with E-state index < -0.39 is 0 Å². The van der Waals surface area contributed by atoms with Crippen molar-refractivity contribution in [2.75, 3.05) is 23.9 Å². The molecule has 0 saturated heterocycles. The zero-order valence-corrected chi connectivity index (χ0v) is 19.6. The van der Waals surface area contributed by atoms with Gasteiger partial charge in [0, 0.05) is 56.2 Å². The van der Waals surface area contributed by atoms with Crippen molar-refractivity contribution in [2.24, 2.45) is 5.92 Å². The van der Waals surface area contributed by atoms with Gasteiger partial charge in [0.1, 0.15) is 12.3 Å². The minimum Gasteiger partial charge on any atom is -0.359 e. The number of anilines is 2. The van der Waals surface area contributed by atoms with Crippen molar-refractivity contribution < 1.29 is 0 Å². The van der Waals surface area contributed by atoms with Crippen molar-refractivity contribution >= 4 is 11.4 Å². The van der Waals surface area contributed by atoms with Gasteiger partial charge >= 0.3 is 0 Å². The molecule has 4 unspecified atom stereocenters. The average molecular weight is 449 g/mol. The van der Waals surface area contributed by atoms with E-state index in [9.17, 15) is 10.5 Å². The third-order valence-electron chi connectivity index (χ3n) is 8.12. The lowest BCUT2D eigenvalue weighted by molar-refractivity contribution is 0.186. The second-order valence-corrected chi connectivity index (χ2v) is 9.86. The lowest BCUT2D eigenvalue weighted by Gasteiger charge is -2.47. The smallest absolute Gasteiger partial charge is 0.108 e. The summed E-state index contributed by atoms with van der Waals surface area (Å²) < 4.78 is 0. The van der Waals surface area contributed by atoms with Gasteiger partial charge in [-0.15, -0.1) is 0 Å². The van der Waals surface area contributed by atoms with Gasteiger partial charge in [-0.1, -0.05) is 0 Å². The van der Waals surface area contributed by atoms with Crippen LogP contribution < -0.4 is 9.80 Å². The maximum absolute atomic E-state index is 9.63. The quantitative estimate of drug-likeness (QED) is 0.584. The Morgan fingerprint density at radius 3 is 2.26 bits per heavy atom. The molecule has 0 aromatic heterocycles. The van der Waals surface area contributed by atoms with Gasteiger partial charge in [0.05, 0.1) is 23.3 Å². The van der Waals surface area contributed by atoms with Gasteiger partial charge in [-0.3, -0.25) is 0 Å². The fourth-order valence-corrected chi connectivity index (χ4v) is 6.51. The number of aryl methyl sites for hydroxylation is 1. The van der Waals surface area contributed by atoms with Gasteiger partial charge in [0.2, 0.25) is 0 Å². The maximum atomic E-state index is 9.63. The Hall–Kier alpha value is -3.90. The second-order valence-electron chi connectivity index (χ2n) is 9.86. The summed E-state index contributed by atoms with van der Waals surface area (Å²) in [5, 5.41) is 19.2. The van der Waals surface area contributed by atoms with Crippen LogP contribution in [0.15, 0.2) is 61.2 Å². The monoisotopic (exact) mass is 448 g/mol. The van der Waals surface area contributed by atoms with E-state index in [-0.39, 0.29) is 12.3 Å². The van der Waals surface area contributed by atoms with Crippen molar-refractivity contribution in [3.8, 4) is 12.1 Å². The third kappa shape index (κ3) is 3.06. The van der Waals surface area contributed by atoms with Crippen LogP contribution in [-0.4, -0.2) is 36.2 Å².